The lowest BCUT2D eigenvalue weighted by atomic mass is 10.1. The van der Waals surface area contributed by atoms with Crippen LogP contribution in [-0.2, 0) is 0 Å². The first-order valence-corrected chi connectivity index (χ1v) is 7.76. The molecule has 0 aliphatic carbocycles. The van der Waals surface area contributed by atoms with Crippen LogP contribution in [0.25, 0.3) is 10.6 Å². The van der Waals surface area contributed by atoms with Crippen molar-refractivity contribution in [2.45, 2.75) is 19.4 Å². The van der Waals surface area contributed by atoms with E-state index in [4.69, 9.17) is 4.74 Å². The molecule has 22 heavy (non-hydrogen) atoms. The van der Waals surface area contributed by atoms with Gasteiger partial charge in [0.25, 0.3) is 5.91 Å². The predicted molar refractivity (Wildman–Crippen MR) is 87.4 cm³/mol. The highest BCUT2D eigenvalue weighted by atomic mass is 32.1. The normalized spacial score (nSPS) is 11.3. The number of carbonyl (C=O) groups is 1. The van der Waals surface area contributed by atoms with Crippen molar-refractivity contribution in [3.63, 3.8) is 0 Å². The van der Waals surface area contributed by atoms with E-state index in [1.807, 2.05) is 24.3 Å². The largest absolute Gasteiger partial charge is 0.497 e. The molecule has 0 atom stereocenters. The fraction of sp³-hybridized carbons (Fsp3) is 0.375. The second kappa shape index (κ2) is 6.46. The first kappa shape index (κ1) is 16.5. The van der Waals surface area contributed by atoms with Crippen LogP contribution < -0.4 is 4.74 Å². The Kier molecular flexibility index (Phi) is 4.83. The average molecular weight is 320 g/mol. The maximum absolute atomic E-state index is 12.3. The van der Waals surface area contributed by atoms with Gasteiger partial charge >= 0.3 is 0 Å². The van der Waals surface area contributed by atoms with Gasteiger partial charge in [-0.25, -0.2) is 4.98 Å². The first-order valence-electron chi connectivity index (χ1n) is 6.88. The molecule has 1 N–H and O–H groups in total. The van der Waals surface area contributed by atoms with Gasteiger partial charge in [-0.3, -0.25) is 4.79 Å². The number of ether oxygens (including phenoxy) is 1. The van der Waals surface area contributed by atoms with Gasteiger partial charge in [0.05, 0.1) is 12.7 Å². The van der Waals surface area contributed by atoms with E-state index in [-0.39, 0.29) is 12.5 Å². The molecule has 0 radical (unpaired) electrons. The zero-order valence-electron chi connectivity index (χ0n) is 13.2. The summed E-state index contributed by atoms with van der Waals surface area (Å²) in [6.45, 7) is 3.59. The van der Waals surface area contributed by atoms with Crippen molar-refractivity contribution in [2.24, 2.45) is 0 Å². The van der Waals surface area contributed by atoms with E-state index in [0.29, 0.717) is 5.69 Å². The van der Waals surface area contributed by atoms with Crippen molar-refractivity contribution in [1.29, 1.82) is 0 Å². The summed E-state index contributed by atoms with van der Waals surface area (Å²) in [6.07, 6.45) is 0. The zero-order chi connectivity index (χ0) is 16.3. The van der Waals surface area contributed by atoms with E-state index in [9.17, 15) is 9.90 Å². The second-order valence-corrected chi connectivity index (χ2v) is 6.60. The minimum absolute atomic E-state index is 0.196. The lowest BCUT2D eigenvalue weighted by molar-refractivity contribution is 0.0365. The maximum Gasteiger partial charge on any atom is 0.273 e. The topological polar surface area (TPSA) is 62.7 Å². The third kappa shape index (κ3) is 4.05. The Morgan fingerprint density at radius 1 is 1.36 bits per heavy atom. The number of aliphatic hydroxyl groups is 1. The number of amides is 1. The summed E-state index contributed by atoms with van der Waals surface area (Å²) < 4.78 is 5.12. The number of hydrogen-bond donors (Lipinski definition) is 1. The van der Waals surface area contributed by atoms with Crippen molar-refractivity contribution in [1.82, 2.24) is 9.88 Å². The molecule has 2 rings (SSSR count). The Morgan fingerprint density at radius 3 is 2.55 bits per heavy atom. The van der Waals surface area contributed by atoms with Gasteiger partial charge in [-0.15, -0.1) is 11.3 Å². The third-order valence-electron chi connectivity index (χ3n) is 3.03. The summed E-state index contributed by atoms with van der Waals surface area (Å²) in [6, 6.07) is 7.54. The molecule has 0 spiro atoms. The Balaban J connectivity index is 2.14. The van der Waals surface area contributed by atoms with E-state index >= 15 is 0 Å². The number of likely N-dealkylation sites (N-methyl/N-ethyl adjacent to an activating group) is 1. The summed E-state index contributed by atoms with van der Waals surface area (Å²) in [5.74, 6) is 0.583. The highest BCUT2D eigenvalue weighted by Gasteiger charge is 2.22. The number of aromatic nitrogens is 1. The number of benzene rings is 1. The summed E-state index contributed by atoms with van der Waals surface area (Å²) in [4.78, 5) is 18.2. The summed E-state index contributed by atoms with van der Waals surface area (Å²) in [7, 11) is 3.28. The molecule has 118 valence electrons. The molecule has 0 fully saturated rings. The molecule has 0 aliphatic heterocycles. The van der Waals surface area contributed by atoms with Gasteiger partial charge in [0.2, 0.25) is 0 Å². The molecule has 0 aliphatic rings. The van der Waals surface area contributed by atoms with Crippen LogP contribution >= 0.6 is 11.3 Å². The quantitative estimate of drug-likeness (QED) is 0.920. The fourth-order valence-corrected chi connectivity index (χ4v) is 2.89. The second-order valence-electron chi connectivity index (χ2n) is 5.74. The Bertz CT molecular complexity index is 644. The highest BCUT2D eigenvalue weighted by Crippen LogP contribution is 2.26. The molecule has 0 unspecified atom stereocenters. The SMILES string of the molecule is COc1ccc(-c2nc(C(=O)N(C)CC(C)(C)O)cs2)cc1. The molecule has 2 aromatic rings. The molecule has 1 aromatic carbocycles. The lowest BCUT2D eigenvalue weighted by Gasteiger charge is -2.24. The van der Waals surface area contributed by atoms with E-state index in [0.717, 1.165) is 16.3 Å². The minimum Gasteiger partial charge on any atom is -0.497 e. The molecule has 1 aromatic heterocycles. The van der Waals surface area contributed by atoms with Crippen LogP contribution in [0.1, 0.15) is 24.3 Å². The van der Waals surface area contributed by atoms with Crippen molar-refractivity contribution in [3.05, 3.63) is 35.3 Å². The van der Waals surface area contributed by atoms with Crippen LogP contribution in [-0.4, -0.2) is 47.2 Å². The molecule has 5 nitrogen and oxygen atoms in total. The minimum atomic E-state index is -0.931. The van der Waals surface area contributed by atoms with Crippen LogP contribution in [0.4, 0.5) is 0 Å². The zero-order valence-corrected chi connectivity index (χ0v) is 14.0. The van der Waals surface area contributed by atoms with Gasteiger partial charge in [0.1, 0.15) is 16.5 Å². The van der Waals surface area contributed by atoms with Crippen LogP contribution in [0.5, 0.6) is 5.75 Å². The molecule has 0 saturated heterocycles. The third-order valence-corrected chi connectivity index (χ3v) is 3.92. The standard InChI is InChI=1S/C16H20N2O3S/c1-16(2,20)10-18(3)15(19)13-9-22-14(17-13)11-5-7-12(21-4)8-6-11/h5-9,20H,10H2,1-4H3. The number of carbonyl (C=O) groups excluding carboxylic acids is 1. The first-order chi connectivity index (χ1) is 10.3. The lowest BCUT2D eigenvalue weighted by Crippen LogP contribution is -2.39. The van der Waals surface area contributed by atoms with Gasteiger partial charge in [-0.05, 0) is 38.1 Å². The van der Waals surface area contributed by atoms with Crippen LogP contribution in [0.2, 0.25) is 0 Å². The number of methoxy groups -OCH3 is 1. The Hall–Kier alpha value is -1.92. The fourth-order valence-electron chi connectivity index (χ4n) is 2.09. The molecular weight excluding hydrogens is 300 g/mol. The van der Waals surface area contributed by atoms with Crippen LogP contribution in [0.3, 0.4) is 0 Å². The van der Waals surface area contributed by atoms with Crippen molar-refractivity contribution >= 4 is 17.2 Å². The predicted octanol–water partition coefficient (Wildman–Crippen LogP) is 2.66. The molecule has 0 bridgehead atoms. The van der Waals surface area contributed by atoms with Gasteiger partial charge in [-0.1, -0.05) is 0 Å². The number of thiazole rings is 1. The maximum atomic E-state index is 12.3. The summed E-state index contributed by atoms with van der Waals surface area (Å²) >= 11 is 1.42. The van der Waals surface area contributed by atoms with Crippen molar-refractivity contribution < 1.29 is 14.6 Å². The smallest absolute Gasteiger partial charge is 0.273 e. The Labute approximate surface area is 134 Å². The number of hydrogen-bond acceptors (Lipinski definition) is 5. The van der Waals surface area contributed by atoms with Crippen LogP contribution in [0.15, 0.2) is 29.6 Å². The van der Waals surface area contributed by atoms with E-state index < -0.39 is 5.60 Å². The molecule has 1 heterocycles. The van der Waals surface area contributed by atoms with Gasteiger partial charge in [-0.2, -0.15) is 0 Å². The van der Waals surface area contributed by atoms with E-state index in [1.165, 1.54) is 16.2 Å². The van der Waals surface area contributed by atoms with Crippen molar-refractivity contribution in [2.75, 3.05) is 20.7 Å². The van der Waals surface area contributed by atoms with E-state index in [2.05, 4.69) is 4.98 Å². The molecule has 0 saturated carbocycles. The van der Waals surface area contributed by atoms with Crippen molar-refractivity contribution in [3.8, 4) is 16.3 Å². The van der Waals surface area contributed by atoms with Crippen LogP contribution in [0, 0.1) is 0 Å². The number of rotatable bonds is 5. The summed E-state index contributed by atoms with van der Waals surface area (Å²) in [5, 5.41) is 12.3. The average Bonchev–Trinajstić information content (AvgIpc) is 2.94. The highest BCUT2D eigenvalue weighted by molar-refractivity contribution is 7.13. The van der Waals surface area contributed by atoms with Gasteiger partial charge in [0.15, 0.2) is 0 Å². The van der Waals surface area contributed by atoms with Gasteiger partial charge in [0, 0.05) is 24.5 Å². The molecular formula is C16H20N2O3S. The van der Waals surface area contributed by atoms with E-state index in [1.54, 1.807) is 33.4 Å². The Morgan fingerprint density at radius 2 is 2.00 bits per heavy atom. The molecule has 1 amide bonds. The van der Waals surface area contributed by atoms with Gasteiger partial charge < -0.3 is 14.7 Å². The number of nitrogens with zero attached hydrogens (tertiary/aromatic N) is 2. The summed E-state index contributed by atoms with van der Waals surface area (Å²) in [5.41, 5.74) is 0.400. The monoisotopic (exact) mass is 320 g/mol. The molecule has 6 heteroatoms.